The predicted molar refractivity (Wildman–Crippen MR) is 141 cm³/mol. The summed E-state index contributed by atoms with van der Waals surface area (Å²) in [5, 5.41) is 20.0. The zero-order valence-electron chi connectivity index (χ0n) is 21.6. The molecule has 0 aliphatic heterocycles. The van der Waals surface area contributed by atoms with Crippen molar-refractivity contribution in [3.8, 4) is 16.5 Å². The maximum atomic E-state index is 13.9. The molecule has 4 rings (SSSR count). The summed E-state index contributed by atoms with van der Waals surface area (Å²) >= 11 is 1.15. The zero-order valence-corrected chi connectivity index (χ0v) is 22.4. The van der Waals surface area contributed by atoms with Crippen LogP contribution in [0, 0.1) is 6.92 Å². The summed E-state index contributed by atoms with van der Waals surface area (Å²) in [4.78, 5) is 44.8. The Balaban J connectivity index is 2.03. The molecule has 4 aromatic rings. The number of carboxylic acid groups (broad SMARTS) is 1. The van der Waals surface area contributed by atoms with E-state index in [9.17, 15) is 24.6 Å². The Labute approximate surface area is 221 Å². The van der Waals surface area contributed by atoms with E-state index in [1.165, 1.54) is 38.0 Å². The highest BCUT2D eigenvalue weighted by Crippen LogP contribution is 2.37. The molecule has 38 heavy (non-hydrogen) atoms. The maximum Gasteiger partial charge on any atom is 0.333 e. The second-order valence-electron chi connectivity index (χ2n) is 9.38. The number of nitrogens with zero attached hydrogens (tertiary/aromatic N) is 3. The predicted octanol–water partition coefficient (Wildman–Crippen LogP) is 3.16. The Morgan fingerprint density at radius 1 is 1.26 bits per heavy atom. The second kappa shape index (κ2) is 10.6. The van der Waals surface area contributed by atoms with Crippen molar-refractivity contribution in [3.63, 3.8) is 0 Å². The molecule has 0 fully saturated rings. The largest absolute Gasteiger partial charge is 0.496 e. The Hall–Kier alpha value is -3.74. The standard InChI is InChI=1S/C26H29N3O8S/c1-14(30)13-37-18(16-8-6-7-9-17(16)35-5)12-28-23-19(15(2)20(38-23)21-27-10-11-36-21)22(31)29(25(28)34)26(3,4)24(32)33/h6-11,14,18,30H,12-13H2,1-5H3,(H,32,33). The van der Waals surface area contributed by atoms with E-state index in [0.717, 1.165) is 15.9 Å². The van der Waals surface area contributed by atoms with Crippen molar-refractivity contribution in [3.05, 3.63) is 68.7 Å². The minimum absolute atomic E-state index is 0.0358. The number of aryl methyl sites for hydroxylation is 1. The number of carbonyl (C=O) groups is 1. The molecule has 0 spiro atoms. The molecule has 12 heteroatoms. The Kier molecular flexibility index (Phi) is 7.58. The number of carboxylic acids is 1. The van der Waals surface area contributed by atoms with Crippen LogP contribution < -0.4 is 16.0 Å². The van der Waals surface area contributed by atoms with E-state index >= 15 is 0 Å². The Morgan fingerprint density at radius 2 is 1.97 bits per heavy atom. The van der Waals surface area contributed by atoms with Gasteiger partial charge in [0.25, 0.3) is 5.56 Å². The molecule has 0 saturated heterocycles. The number of para-hydroxylation sites is 1. The highest BCUT2D eigenvalue weighted by atomic mass is 32.1. The van der Waals surface area contributed by atoms with Crippen molar-refractivity contribution < 1.29 is 28.9 Å². The number of hydrogen-bond donors (Lipinski definition) is 2. The third-order valence-electron chi connectivity index (χ3n) is 6.29. The van der Waals surface area contributed by atoms with E-state index in [2.05, 4.69) is 4.98 Å². The van der Waals surface area contributed by atoms with Crippen LogP contribution >= 0.6 is 11.3 Å². The van der Waals surface area contributed by atoms with E-state index in [1.54, 1.807) is 38.1 Å². The fourth-order valence-electron chi connectivity index (χ4n) is 4.23. The molecule has 202 valence electrons. The molecule has 3 heterocycles. The van der Waals surface area contributed by atoms with Gasteiger partial charge in [0, 0.05) is 5.56 Å². The van der Waals surface area contributed by atoms with E-state index in [-0.39, 0.29) is 24.4 Å². The first-order chi connectivity index (χ1) is 18.0. The molecule has 2 N–H and O–H groups in total. The van der Waals surface area contributed by atoms with Gasteiger partial charge < -0.3 is 24.1 Å². The van der Waals surface area contributed by atoms with Crippen LogP contribution in [0.3, 0.4) is 0 Å². The second-order valence-corrected chi connectivity index (χ2v) is 10.4. The third-order valence-corrected chi connectivity index (χ3v) is 7.60. The van der Waals surface area contributed by atoms with Crippen molar-refractivity contribution in [1.29, 1.82) is 0 Å². The molecule has 0 aliphatic carbocycles. The number of fused-ring (bicyclic) bond motifs is 1. The minimum Gasteiger partial charge on any atom is -0.496 e. The van der Waals surface area contributed by atoms with Crippen LogP contribution in [-0.2, 0) is 21.6 Å². The van der Waals surface area contributed by atoms with Crippen LogP contribution in [0.1, 0.15) is 38.0 Å². The number of hydrogen-bond acceptors (Lipinski definition) is 9. The van der Waals surface area contributed by atoms with Crippen molar-refractivity contribution in [2.24, 2.45) is 0 Å². The lowest BCUT2D eigenvalue weighted by Crippen LogP contribution is -2.52. The van der Waals surface area contributed by atoms with Gasteiger partial charge in [0.1, 0.15) is 28.5 Å². The first kappa shape index (κ1) is 27.3. The van der Waals surface area contributed by atoms with Gasteiger partial charge in [-0.15, -0.1) is 11.3 Å². The molecule has 2 unspecified atom stereocenters. The highest BCUT2D eigenvalue weighted by Gasteiger charge is 2.36. The van der Waals surface area contributed by atoms with Gasteiger partial charge >= 0.3 is 11.7 Å². The lowest BCUT2D eigenvalue weighted by atomic mass is 10.1. The first-order valence-corrected chi connectivity index (χ1v) is 12.7. The molecule has 0 saturated carbocycles. The number of ether oxygens (including phenoxy) is 2. The molecular formula is C26H29N3O8S. The van der Waals surface area contributed by atoms with Gasteiger partial charge in [-0.3, -0.25) is 9.36 Å². The molecule has 2 atom stereocenters. The molecule has 3 aromatic heterocycles. The zero-order chi connectivity index (χ0) is 27.8. The van der Waals surface area contributed by atoms with E-state index < -0.39 is 35.0 Å². The van der Waals surface area contributed by atoms with E-state index in [0.29, 0.717) is 26.6 Å². The minimum atomic E-state index is -1.85. The fourth-order valence-corrected chi connectivity index (χ4v) is 5.47. The smallest absolute Gasteiger partial charge is 0.333 e. The van der Waals surface area contributed by atoms with Crippen LogP contribution in [0.2, 0.25) is 0 Å². The third kappa shape index (κ3) is 4.77. The van der Waals surface area contributed by atoms with Crippen LogP contribution in [0.25, 0.3) is 21.0 Å². The molecular weight excluding hydrogens is 514 g/mol. The molecule has 0 amide bonds. The first-order valence-electron chi connectivity index (χ1n) is 11.8. The van der Waals surface area contributed by atoms with Gasteiger partial charge in [-0.2, -0.15) is 0 Å². The average molecular weight is 544 g/mol. The summed E-state index contributed by atoms with van der Waals surface area (Å²) in [6, 6.07) is 7.11. The van der Waals surface area contributed by atoms with E-state index in [1.807, 2.05) is 0 Å². The van der Waals surface area contributed by atoms with Crippen molar-refractivity contribution >= 4 is 27.5 Å². The molecule has 1 aromatic carbocycles. The SMILES string of the molecule is COc1ccccc1C(Cn1c(=O)n(C(C)(C)C(=O)O)c(=O)c2c(C)c(-c3ncco3)sc21)OCC(C)O. The summed E-state index contributed by atoms with van der Waals surface area (Å²) < 4.78 is 19.1. The number of aromatic nitrogens is 3. The number of rotatable bonds is 10. The lowest BCUT2D eigenvalue weighted by Gasteiger charge is -2.26. The van der Waals surface area contributed by atoms with E-state index in [4.69, 9.17) is 13.9 Å². The number of methoxy groups -OCH3 is 1. The molecule has 11 nitrogen and oxygen atoms in total. The van der Waals surface area contributed by atoms with Gasteiger partial charge in [-0.25, -0.2) is 19.1 Å². The van der Waals surface area contributed by atoms with Crippen molar-refractivity contribution in [2.75, 3.05) is 13.7 Å². The number of benzene rings is 1. The number of aliphatic carboxylic acids is 1. The van der Waals surface area contributed by atoms with Gasteiger partial charge in [0.2, 0.25) is 5.89 Å². The quantitative estimate of drug-likeness (QED) is 0.308. The summed E-state index contributed by atoms with van der Waals surface area (Å²) in [6.07, 6.45) is 1.30. The molecule has 0 bridgehead atoms. The summed E-state index contributed by atoms with van der Waals surface area (Å²) in [5.74, 6) is -0.553. The topological polar surface area (TPSA) is 146 Å². The molecule has 0 radical (unpaired) electrons. The normalized spacial score (nSPS) is 13.5. The van der Waals surface area contributed by atoms with Gasteiger partial charge in [0.15, 0.2) is 0 Å². The number of aliphatic hydroxyl groups is 1. The monoisotopic (exact) mass is 543 g/mol. The van der Waals surface area contributed by atoms with Gasteiger partial charge in [-0.05, 0) is 39.3 Å². The van der Waals surface area contributed by atoms with Crippen LogP contribution in [0.5, 0.6) is 5.75 Å². The summed E-state index contributed by atoms with van der Waals surface area (Å²) in [6.45, 7) is 5.74. The number of oxazole rings is 1. The van der Waals surface area contributed by atoms with Crippen molar-refractivity contribution in [2.45, 2.75) is 52.0 Å². The number of aliphatic hydroxyl groups excluding tert-OH is 1. The average Bonchev–Trinajstić information content (AvgIpc) is 3.51. The lowest BCUT2D eigenvalue weighted by molar-refractivity contribution is -0.146. The van der Waals surface area contributed by atoms with Gasteiger partial charge in [0.05, 0.1) is 42.8 Å². The highest BCUT2D eigenvalue weighted by molar-refractivity contribution is 7.22. The van der Waals surface area contributed by atoms with Crippen LogP contribution in [0.15, 0.2) is 50.7 Å². The molecule has 0 aliphatic rings. The fraction of sp³-hybridized carbons (Fsp3) is 0.385. The Bertz CT molecular complexity index is 1580. The Morgan fingerprint density at radius 3 is 2.58 bits per heavy atom. The summed E-state index contributed by atoms with van der Waals surface area (Å²) in [5.41, 5.74) is -2.25. The van der Waals surface area contributed by atoms with Crippen LogP contribution in [0.4, 0.5) is 0 Å². The maximum absolute atomic E-state index is 13.9. The van der Waals surface area contributed by atoms with Gasteiger partial charge in [-0.1, -0.05) is 18.2 Å². The number of thiophene rings is 1. The summed E-state index contributed by atoms with van der Waals surface area (Å²) in [7, 11) is 1.51. The van der Waals surface area contributed by atoms with Crippen LogP contribution in [-0.4, -0.2) is 50.1 Å². The van der Waals surface area contributed by atoms with Crippen molar-refractivity contribution in [1.82, 2.24) is 14.1 Å².